The highest BCUT2D eigenvalue weighted by molar-refractivity contribution is 7.18. The molecule has 2 aromatic heterocycles. The lowest BCUT2D eigenvalue weighted by Gasteiger charge is -2.25. The molecule has 140 valence electrons. The molecule has 0 spiro atoms. The highest BCUT2D eigenvalue weighted by Crippen LogP contribution is 2.29. The van der Waals surface area contributed by atoms with Gasteiger partial charge in [-0.3, -0.25) is 4.79 Å². The molecule has 7 heteroatoms. The van der Waals surface area contributed by atoms with E-state index in [0.717, 1.165) is 47.3 Å². The van der Waals surface area contributed by atoms with E-state index in [1.165, 1.54) is 4.70 Å². The molecule has 0 saturated carbocycles. The Morgan fingerprint density at radius 1 is 1.30 bits per heavy atom. The molecular weight excluding hydrogens is 362 g/mol. The van der Waals surface area contributed by atoms with E-state index in [1.54, 1.807) is 11.3 Å². The predicted molar refractivity (Wildman–Crippen MR) is 102 cm³/mol. The van der Waals surface area contributed by atoms with Gasteiger partial charge < -0.3 is 14.1 Å². The van der Waals surface area contributed by atoms with Gasteiger partial charge in [0, 0.05) is 32.4 Å². The van der Waals surface area contributed by atoms with Gasteiger partial charge in [-0.2, -0.15) is 0 Å². The van der Waals surface area contributed by atoms with Crippen molar-refractivity contribution in [3.8, 4) is 0 Å². The second-order valence-electron chi connectivity index (χ2n) is 7.12. The summed E-state index contributed by atoms with van der Waals surface area (Å²) in [6, 6.07) is 8.10. The molecule has 4 heterocycles. The Hall–Kier alpha value is -2.25. The van der Waals surface area contributed by atoms with Crippen LogP contribution >= 0.6 is 11.3 Å². The van der Waals surface area contributed by atoms with Crippen molar-refractivity contribution in [1.82, 2.24) is 14.9 Å². The van der Waals surface area contributed by atoms with E-state index in [1.807, 2.05) is 23.1 Å². The minimum absolute atomic E-state index is 0.161. The molecule has 27 heavy (non-hydrogen) atoms. The van der Waals surface area contributed by atoms with Crippen LogP contribution in [-0.2, 0) is 28.9 Å². The third-order valence-electron chi connectivity index (χ3n) is 5.27. The van der Waals surface area contributed by atoms with Crippen LogP contribution in [0.3, 0.4) is 0 Å². The average Bonchev–Trinajstić information content (AvgIpc) is 3.43. The Kier molecular flexibility index (Phi) is 4.41. The van der Waals surface area contributed by atoms with E-state index >= 15 is 0 Å². The molecule has 1 amide bonds. The molecule has 1 saturated heterocycles. The van der Waals surface area contributed by atoms with Crippen LogP contribution in [0.15, 0.2) is 28.7 Å². The van der Waals surface area contributed by atoms with Gasteiger partial charge in [-0.05, 0) is 18.6 Å². The average molecular weight is 383 g/mol. The van der Waals surface area contributed by atoms with Crippen LogP contribution < -0.4 is 0 Å². The van der Waals surface area contributed by atoms with Gasteiger partial charge in [0.1, 0.15) is 11.5 Å². The van der Waals surface area contributed by atoms with Crippen molar-refractivity contribution in [2.24, 2.45) is 0 Å². The number of amides is 1. The van der Waals surface area contributed by atoms with Crippen LogP contribution in [0.25, 0.3) is 10.2 Å². The van der Waals surface area contributed by atoms with Crippen molar-refractivity contribution in [1.29, 1.82) is 0 Å². The zero-order chi connectivity index (χ0) is 18.2. The van der Waals surface area contributed by atoms with Crippen LogP contribution in [-0.4, -0.2) is 40.5 Å². The van der Waals surface area contributed by atoms with Crippen molar-refractivity contribution in [2.45, 2.75) is 38.1 Å². The molecule has 1 aromatic carbocycles. The second-order valence-corrected chi connectivity index (χ2v) is 8.24. The first-order chi connectivity index (χ1) is 13.3. The SMILES string of the molecule is O=C(CCc1nc2ccccc2s1)N1CCc2oc(C3CCOC3)nc2C1. The van der Waals surface area contributed by atoms with E-state index in [4.69, 9.17) is 9.15 Å². The first-order valence-corrected chi connectivity index (χ1v) is 10.3. The Morgan fingerprint density at radius 3 is 3.07 bits per heavy atom. The quantitative estimate of drug-likeness (QED) is 0.691. The third-order valence-corrected chi connectivity index (χ3v) is 6.36. The van der Waals surface area contributed by atoms with Gasteiger partial charge in [-0.1, -0.05) is 12.1 Å². The van der Waals surface area contributed by atoms with E-state index in [2.05, 4.69) is 16.0 Å². The Morgan fingerprint density at radius 2 is 2.22 bits per heavy atom. The Balaban J connectivity index is 1.22. The van der Waals surface area contributed by atoms with Crippen molar-refractivity contribution >= 4 is 27.5 Å². The van der Waals surface area contributed by atoms with Gasteiger partial charge in [0.25, 0.3) is 0 Å². The largest absolute Gasteiger partial charge is 0.445 e. The molecule has 0 bridgehead atoms. The summed E-state index contributed by atoms with van der Waals surface area (Å²) in [5.41, 5.74) is 1.93. The summed E-state index contributed by atoms with van der Waals surface area (Å²) in [4.78, 5) is 23.9. The fourth-order valence-electron chi connectivity index (χ4n) is 3.73. The summed E-state index contributed by atoms with van der Waals surface area (Å²) in [5.74, 6) is 2.14. The second kappa shape index (κ2) is 7.05. The first-order valence-electron chi connectivity index (χ1n) is 9.45. The highest BCUT2D eigenvalue weighted by atomic mass is 32.1. The molecule has 1 atom stereocenters. The van der Waals surface area contributed by atoms with E-state index in [9.17, 15) is 4.79 Å². The van der Waals surface area contributed by atoms with Gasteiger partial charge in [0.15, 0.2) is 5.89 Å². The maximum atomic E-state index is 12.7. The minimum Gasteiger partial charge on any atom is -0.445 e. The van der Waals surface area contributed by atoms with Crippen LogP contribution in [0.4, 0.5) is 0 Å². The molecule has 5 rings (SSSR count). The number of fused-ring (bicyclic) bond motifs is 2. The summed E-state index contributed by atoms with van der Waals surface area (Å²) >= 11 is 1.67. The van der Waals surface area contributed by atoms with E-state index < -0.39 is 0 Å². The van der Waals surface area contributed by atoms with Crippen LogP contribution in [0, 0.1) is 0 Å². The first kappa shape index (κ1) is 16.9. The van der Waals surface area contributed by atoms with Gasteiger partial charge in [-0.25, -0.2) is 9.97 Å². The summed E-state index contributed by atoms with van der Waals surface area (Å²) in [7, 11) is 0. The minimum atomic E-state index is 0.161. The number of hydrogen-bond acceptors (Lipinski definition) is 6. The summed E-state index contributed by atoms with van der Waals surface area (Å²) < 4.78 is 12.5. The summed E-state index contributed by atoms with van der Waals surface area (Å²) in [6.45, 7) is 2.70. The molecule has 0 radical (unpaired) electrons. The molecule has 1 fully saturated rings. The number of para-hydroxylation sites is 1. The van der Waals surface area contributed by atoms with E-state index in [0.29, 0.717) is 32.5 Å². The van der Waals surface area contributed by atoms with Crippen molar-refractivity contribution in [3.63, 3.8) is 0 Å². The van der Waals surface area contributed by atoms with E-state index in [-0.39, 0.29) is 11.8 Å². The number of oxazole rings is 1. The Bertz CT molecular complexity index is 941. The number of ether oxygens (including phenoxy) is 1. The van der Waals surface area contributed by atoms with Crippen LogP contribution in [0.1, 0.15) is 41.1 Å². The fourth-order valence-corrected chi connectivity index (χ4v) is 4.70. The molecular formula is C20H21N3O3S. The molecule has 2 aliphatic rings. The standard InChI is InChI=1S/C20H21N3O3S/c24-19(6-5-18-21-14-3-1-2-4-17(14)27-18)23-9-7-16-15(11-23)22-20(26-16)13-8-10-25-12-13/h1-4,13H,5-12H2. The van der Waals surface area contributed by atoms with Gasteiger partial charge in [-0.15, -0.1) is 11.3 Å². The maximum Gasteiger partial charge on any atom is 0.223 e. The number of nitrogens with zero attached hydrogens (tertiary/aromatic N) is 3. The highest BCUT2D eigenvalue weighted by Gasteiger charge is 2.29. The third kappa shape index (κ3) is 3.37. The number of rotatable bonds is 4. The number of aryl methyl sites for hydroxylation is 1. The number of carbonyl (C=O) groups is 1. The molecule has 0 N–H and O–H groups in total. The summed E-state index contributed by atoms with van der Waals surface area (Å²) in [6.07, 6.45) is 2.87. The number of aromatic nitrogens is 2. The van der Waals surface area contributed by atoms with Gasteiger partial charge in [0.2, 0.25) is 5.91 Å². The predicted octanol–water partition coefficient (Wildman–Crippen LogP) is 3.31. The topological polar surface area (TPSA) is 68.5 Å². The molecule has 1 unspecified atom stereocenters. The number of carbonyl (C=O) groups excluding carboxylic acids is 1. The van der Waals surface area contributed by atoms with Crippen molar-refractivity contribution in [2.75, 3.05) is 19.8 Å². The number of benzene rings is 1. The Labute approximate surface area is 161 Å². The molecule has 0 aliphatic carbocycles. The summed E-state index contributed by atoms with van der Waals surface area (Å²) in [5, 5.41) is 1.02. The van der Waals surface area contributed by atoms with Crippen molar-refractivity contribution < 1.29 is 13.9 Å². The lowest BCUT2D eigenvalue weighted by Crippen LogP contribution is -2.35. The van der Waals surface area contributed by atoms with Crippen LogP contribution in [0.5, 0.6) is 0 Å². The fraction of sp³-hybridized carbons (Fsp3) is 0.450. The van der Waals surface area contributed by atoms with Crippen molar-refractivity contribution in [3.05, 3.63) is 46.6 Å². The zero-order valence-corrected chi connectivity index (χ0v) is 15.8. The zero-order valence-electron chi connectivity index (χ0n) is 15.0. The van der Waals surface area contributed by atoms with Gasteiger partial charge in [0.05, 0.1) is 34.3 Å². The molecule has 2 aliphatic heterocycles. The smallest absolute Gasteiger partial charge is 0.223 e. The number of thiazole rings is 1. The van der Waals surface area contributed by atoms with Gasteiger partial charge >= 0.3 is 0 Å². The lowest BCUT2D eigenvalue weighted by molar-refractivity contribution is -0.132. The normalized spacial score (nSPS) is 19.6. The van der Waals surface area contributed by atoms with Crippen LogP contribution in [0.2, 0.25) is 0 Å². The number of hydrogen-bond donors (Lipinski definition) is 0. The molecule has 6 nitrogen and oxygen atoms in total. The molecule has 3 aromatic rings. The maximum absolute atomic E-state index is 12.7. The lowest BCUT2D eigenvalue weighted by atomic mass is 10.1. The monoisotopic (exact) mass is 383 g/mol.